The third kappa shape index (κ3) is 2.85. The van der Waals surface area contributed by atoms with Crippen LogP contribution in [0.25, 0.3) is 0 Å². The fraction of sp³-hybridized carbons (Fsp3) is 0.818. The zero-order valence-electron chi connectivity index (χ0n) is 10.2. The second-order valence-corrected chi connectivity index (χ2v) is 6.37. The van der Waals surface area contributed by atoms with Crippen LogP contribution >= 0.6 is 0 Å². The third-order valence-corrected chi connectivity index (χ3v) is 5.42. The fourth-order valence-electron chi connectivity index (χ4n) is 2.01. The largest absolute Gasteiger partial charge is 0.299 e. The summed E-state index contributed by atoms with van der Waals surface area (Å²) in [4.78, 5) is 11.5. The molecule has 0 aromatic heterocycles. The fourth-order valence-corrected chi connectivity index (χ4v) is 3.66. The van der Waals surface area contributed by atoms with Crippen molar-refractivity contribution in [2.24, 2.45) is 5.92 Å². The predicted octanol–water partition coefficient (Wildman–Crippen LogP) is 0.919. The summed E-state index contributed by atoms with van der Waals surface area (Å²) in [6, 6.07) is 1.82. The average Bonchev–Trinajstić information content (AvgIpc) is 2.30. The van der Waals surface area contributed by atoms with Gasteiger partial charge in [0.2, 0.25) is 10.0 Å². The van der Waals surface area contributed by atoms with E-state index < -0.39 is 15.3 Å². The van der Waals surface area contributed by atoms with Gasteiger partial charge in [-0.15, -0.1) is 0 Å². The highest BCUT2D eigenvalue weighted by Gasteiger charge is 2.36. The summed E-state index contributed by atoms with van der Waals surface area (Å²) < 4.78 is 25.5. The van der Waals surface area contributed by atoms with Crippen LogP contribution in [0.1, 0.15) is 33.1 Å². The lowest BCUT2D eigenvalue weighted by molar-refractivity contribution is -0.125. The van der Waals surface area contributed by atoms with Crippen molar-refractivity contribution >= 4 is 15.8 Å². The van der Waals surface area contributed by atoms with Crippen molar-refractivity contribution in [1.29, 1.82) is 5.26 Å². The molecule has 0 radical (unpaired) electrons. The van der Waals surface area contributed by atoms with Crippen molar-refractivity contribution in [1.82, 2.24) is 4.31 Å². The normalized spacial score (nSPS) is 24.3. The van der Waals surface area contributed by atoms with Crippen LogP contribution in [0, 0.1) is 17.2 Å². The van der Waals surface area contributed by atoms with E-state index in [4.69, 9.17) is 5.26 Å². The number of hydrogen-bond donors (Lipinski definition) is 0. The monoisotopic (exact) mass is 258 g/mol. The molecule has 0 saturated carbocycles. The quantitative estimate of drug-likeness (QED) is 0.751. The van der Waals surface area contributed by atoms with Gasteiger partial charge in [-0.25, -0.2) is 8.42 Å². The van der Waals surface area contributed by atoms with Gasteiger partial charge in [-0.05, 0) is 12.8 Å². The van der Waals surface area contributed by atoms with E-state index in [0.717, 1.165) is 0 Å². The van der Waals surface area contributed by atoms with E-state index in [1.165, 1.54) is 4.31 Å². The molecule has 2 unspecified atom stereocenters. The minimum Gasteiger partial charge on any atom is -0.299 e. The number of nitrogens with zero attached hydrogens (tertiary/aromatic N) is 2. The number of Topliss-reactive ketones (excluding diaryl/α,β-unsaturated/α-hetero) is 1. The van der Waals surface area contributed by atoms with Gasteiger partial charge in [0.1, 0.15) is 5.78 Å². The molecule has 0 aliphatic carbocycles. The van der Waals surface area contributed by atoms with Gasteiger partial charge < -0.3 is 0 Å². The predicted molar refractivity (Wildman–Crippen MR) is 63.6 cm³/mol. The van der Waals surface area contributed by atoms with Crippen LogP contribution in [-0.2, 0) is 14.8 Å². The van der Waals surface area contributed by atoms with Crippen LogP contribution in [-0.4, -0.2) is 36.8 Å². The van der Waals surface area contributed by atoms with Gasteiger partial charge in [0.25, 0.3) is 0 Å². The SMILES string of the molecule is CCC1CN(S(=O)(=O)C(C#N)CC)CCC1=O. The number of piperidine rings is 1. The summed E-state index contributed by atoms with van der Waals surface area (Å²) in [6.07, 6.45) is 1.19. The van der Waals surface area contributed by atoms with E-state index in [1.807, 2.05) is 13.0 Å². The Morgan fingerprint density at radius 2 is 2.18 bits per heavy atom. The summed E-state index contributed by atoms with van der Waals surface area (Å²) in [5.41, 5.74) is 0. The molecule has 1 fully saturated rings. The molecule has 17 heavy (non-hydrogen) atoms. The maximum atomic E-state index is 12.1. The number of rotatable bonds is 4. The van der Waals surface area contributed by atoms with Crippen LogP contribution in [0.5, 0.6) is 0 Å². The number of carbonyl (C=O) groups is 1. The van der Waals surface area contributed by atoms with Gasteiger partial charge in [-0.1, -0.05) is 13.8 Å². The maximum Gasteiger partial charge on any atom is 0.230 e. The molecular formula is C11H18N2O3S. The lowest BCUT2D eigenvalue weighted by Crippen LogP contribution is -2.47. The number of ketones is 1. The van der Waals surface area contributed by atoms with Crippen molar-refractivity contribution in [3.8, 4) is 6.07 Å². The van der Waals surface area contributed by atoms with Crippen LogP contribution in [0.2, 0.25) is 0 Å². The number of nitriles is 1. The lowest BCUT2D eigenvalue weighted by Gasteiger charge is -2.31. The van der Waals surface area contributed by atoms with Crippen LogP contribution in [0.4, 0.5) is 0 Å². The van der Waals surface area contributed by atoms with E-state index in [2.05, 4.69) is 0 Å². The Kier molecular flexibility index (Phi) is 4.66. The molecule has 0 aromatic carbocycles. The van der Waals surface area contributed by atoms with Gasteiger partial charge in [-0.2, -0.15) is 9.57 Å². The van der Waals surface area contributed by atoms with Gasteiger partial charge >= 0.3 is 0 Å². The first-order chi connectivity index (χ1) is 7.97. The van der Waals surface area contributed by atoms with E-state index in [9.17, 15) is 13.2 Å². The molecule has 5 nitrogen and oxygen atoms in total. The first kappa shape index (κ1) is 14.1. The highest BCUT2D eigenvalue weighted by Crippen LogP contribution is 2.21. The first-order valence-electron chi connectivity index (χ1n) is 5.88. The summed E-state index contributed by atoms with van der Waals surface area (Å²) >= 11 is 0. The molecular weight excluding hydrogens is 240 g/mol. The Bertz CT molecular complexity index is 424. The zero-order chi connectivity index (χ0) is 13.1. The van der Waals surface area contributed by atoms with E-state index in [0.29, 0.717) is 6.42 Å². The van der Waals surface area contributed by atoms with E-state index in [-0.39, 0.29) is 37.6 Å². The molecule has 0 bridgehead atoms. The molecule has 2 atom stereocenters. The molecule has 96 valence electrons. The van der Waals surface area contributed by atoms with Gasteiger partial charge in [0.05, 0.1) is 6.07 Å². The van der Waals surface area contributed by atoms with Gasteiger partial charge in [0, 0.05) is 25.4 Å². The maximum absolute atomic E-state index is 12.1. The van der Waals surface area contributed by atoms with Crippen LogP contribution in [0.15, 0.2) is 0 Å². The Labute approximate surface area is 102 Å². The van der Waals surface area contributed by atoms with Crippen LogP contribution < -0.4 is 0 Å². The first-order valence-corrected chi connectivity index (χ1v) is 7.38. The summed E-state index contributed by atoms with van der Waals surface area (Å²) in [5, 5.41) is 7.85. The number of carbonyl (C=O) groups excluding carboxylic acids is 1. The summed E-state index contributed by atoms with van der Waals surface area (Å²) in [6.45, 7) is 4.00. The number of sulfonamides is 1. The molecule has 1 aliphatic rings. The average molecular weight is 258 g/mol. The minimum atomic E-state index is -3.57. The van der Waals surface area contributed by atoms with Gasteiger partial charge in [0.15, 0.2) is 5.25 Å². The molecule has 0 spiro atoms. The van der Waals surface area contributed by atoms with Crippen molar-refractivity contribution < 1.29 is 13.2 Å². The molecule has 6 heteroatoms. The van der Waals surface area contributed by atoms with E-state index >= 15 is 0 Å². The minimum absolute atomic E-state index is 0.129. The zero-order valence-corrected chi connectivity index (χ0v) is 11.0. The van der Waals surface area contributed by atoms with Crippen molar-refractivity contribution in [2.75, 3.05) is 13.1 Å². The molecule has 1 aliphatic heterocycles. The second kappa shape index (κ2) is 5.61. The standard InChI is InChI=1S/C11H18N2O3S/c1-3-9-8-13(6-5-11(9)14)17(15,16)10(4-2)7-12/h9-10H,3-6,8H2,1-2H3. The summed E-state index contributed by atoms with van der Waals surface area (Å²) in [7, 11) is -3.57. The van der Waals surface area contributed by atoms with Crippen molar-refractivity contribution in [2.45, 2.75) is 38.4 Å². The number of hydrogen-bond acceptors (Lipinski definition) is 4. The topological polar surface area (TPSA) is 78.2 Å². The Morgan fingerprint density at radius 1 is 1.53 bits per heavy atom. The molecule has 1 saturated heterocycles. The molecule has 0 N–H and O–H groups in total. The lowest BCUT2D eigenvalue weighted by atomic mass is 9.96. The summed E-state index contributed by atoms with van der Waals surface area (Å²) in [5.74, 6) is -0.0846. The van der Waals surface area contributed by atoms with Crippen molar-refractivity contribution in [3.63, 3.8) is 0 Å². The highest BCUT2D eigenvalue weighted by molar-refractivity contribution is 7.90. The molecule has 1 rings (SSSR count). The smallest absolute Gasteiger partial charge is 0.230 e. The van der Waals surface area contributed by atoms with E-state index in [1.54, 1.807) is 6.92 Å². The van der Waals surface area contributed by atoms with Gasteiger partial charge in [-0.3, -0.25) is 4.79 Å². The van der Waals surface area contributed by atoms with Crippen LogP contribution in [0.3, 0.4) is 0 Å². The highest BCUT2D eigenvalue weighted by atomic mass is 32.2. The van der Waals surface area contributed by atoms with Crippen molar-refractivity contribution in [3.05, 3.63) is 0 Å². The third-order valence-electron chi connectivity index (χ3n) is 3.21. The molecule has 1 heterocycles. The Balaban J connectivity index is 2.88. The molecule has 0 aromatic rings. The second-order valence-electron chi connectivity index (χ2n) is 4.25. The Morgan fingerprint density at radius 3 is 2.65 bits per heavy atom. The molecule has 0 amide bonds. The Hall–Kier alpha value is -0.930.